The fraction of sp³-hybridized carbons (Fsp3) is 0.200. The maximum absolute atomic E-state index is 12.4. The molecular formula is C20H20N2O2. The van der Waals surface area contributed by atoms with Gasteiger partial charge in [-0.25, -0.2) is 0 Å². The number of fused-ring (bicyclic) bond motifs is 1. The van der Waals surface area contributed by atoms with E-state index in [0.717, 1.165) is 16.5 Å². The first-order valence-corrected chi connectivity index (χ1v) is 8.09. The van der Waals surface area contributed by atoms with Gasteiger partial charge in [0.05, 0.1) is 12.2 Å². The highest BCUT2D eigenvalue weighted by Gasteiger charge is 2.18. The van der Waals surface area contributed by atoms with Crippen LogP contribution in [-0.2, 0) is 11.3 Å². The van der Waals surface area contributed by atoms with Gasteiger partial charge in [-0.05, 0) is 41.5 Å². The van der Waals surface area contributed by atoms with Gasteiger partial charge in [0.15, 0.2) is 6.10 Å². The van der Waals surface area contributed by atoms with E-state index in [4.69, 9.17) is 4.74 Å². The number of nitrogens with zero attached hydrogens (tertiary/aromatic N) is 1. The summed E-state index contributed by atoms with van der Waals surface area (Å²) >= 11 is 0. The van der Waals surface area contributed by atoms with Crippen LogP contribution in [0.2, 0.25) is 0 Å². The topological polar surface area (TPSA) is 51.2 Å². The van der Waals surface area contributed by atoms with E-state index in [1.165, 1.54) is 0 Å². The molecule has 1 aromatic heterocycles. The lowest BCUT2D eigenvalue weighted by Crippen LogP contribution is -2.37. The van der Waals surface area contributed by atoms with Gasteiger partial charge >= 0.3 is 0 Å². The number of benzene rings is 2. The van der Waals surface area contributed by atoms with E-state index in [1.807, 2.05) is 61.5 Å². The minimum atomic E-state index is -0.519. The van der Waals surface area contributed by atoms with Gasteiger partial charge in [-0.15, -0.1) is 0 Å². The van der Waals surface area contributed by atoms with Crippen molar-refractivity contribution in [1.82, 2.24) is 10.3 Å². The van der Waals surface area contributed by atoms with E-state index in [0.29, 0.717) is 18.7 Å². The van der Waals surface area contributed by atoms with Crippen molar-refractivity contribution in [1.29, 1.82) is 0 Å². The van der Waals surface area contributed by atoms with Gasteiger partial charge in [-0.1, -0.05) is 43.3 Å². The fourth-order valence-electron chi connectivity index (χ4n) is 2.52. The van der Waals surface area contributed by atoms with Crippen molar-refractivity contribution >= 4 is 16.7 Å². The van der Waals surface area contributed by atoms with Crippen molar-refractivity contribution in [3.63, 3.8) is 0 Å². The van der Waals surface area contributed by atoms with Crippen LogP contribution in [0.25, 0.3) is 10.8 Å². The van der Waals surface area contributed by atoms with Crippen LogP contribution in [0.1, 0.15) is 19.0 Å². The molecule has 122 valence electrons. The van der Waals surface area contributed by atoms with Crippen molar-refractivity contribution in [3.8, 4) is 5.75 Å². The Morgan fingerprint density at radius 1 is 1.08 bits per heavy atom. The van der Waals surface area contributed by atoms with Crippen molar-refractivity contribution in [2.45, 2.75) is 26.0 Å². The van der Waals surface area contributed by atoms with Gasteiger partial charge in [0.25, 0.3) is 5.91 Å². The summed E-state index contributed by atoms with van der Waals surface area (Å²) in [5.74, 6) is 0.574. The lowest BCUT2D eigenvalue weighted by atomic mass is 10.1. The normalized spacial score (nSPS) is 11.9. The molecule has 1 atom stereocenters. The molecule has 24 heavy (non-hydrogen) atoms. The molecule has 0 saturated heterocycles. The summed E-state index contributed by atoms with van der Waals surface area (Å²) in [5.41, 5.74) is 0.825. The molecule has 0 unspecified atom stereocenters. The summed E-state index contributed by atoms with van der Waals surface area (Å²) in [7, 11) is 0. The first-order chi connectivity index (χ1) is 11.8. The Morgan fingerprint density at radius 3 is 2.62 bits per heavy atom. The molecule has 4 nitrogen and oxygen atoms in total. The average molecular weight is 320 g/mol. The maximum Gasteiger partial charge on any atom is 0.261 e. The third kappa shape index (κ3) is 3.90. The van der Waals surface area contributed by atoms with E-state index in [2.05, 4.69) is 16.4 Å². The molecule has 3 rings (SSSR count). The molecule has 4 heteroatoms. The number of ether oxygens (including phenoxy) is 1. The summed E-state index contributed by atoms with van der Waals surface area (Å²) in [6.45, 7) is 2.34. The van der Waals surface area contributed by atoms with Crippen LogP contribution in [0.15, 0.2) is 66.9 Å². The second-order valence-electron chi connectivity index (χ2n) is 5.56. The van der Waals surface area contributed by atoms with E-state index >= 15 is 0 Å². The van der Waals surface area contributed by atoms with Crippen molar-refractivity contribution < 1.29 is 9.53 Å². The van der Waals surface area contributed by atoms with Gasteiger partial charge in [0.2, 0.25) is 0 Å². The zero-order valence-electron chi connectivity index (χ0n) is 13.6. The standard InChI is InChI=1S/C20H20N2O2/c1-2-19(20(23)22-14-17-9-5-6-12-21-17)24-18-11-10-15-7-3-4-8-16(15)13-18/h3-13,19H,2,14H2,1H3,(H,22,23)/t19-/m1/s1. The summed E-state index contributed by atoms with van der Waals surface area (Å²) in [4.78, 5) is 16.6. The molecule has 0 aliphatic heterocycles. The number of pyridine rings is 1. The van der Waals surface area contributed by atoms with Crippen LogP contribution in [0.4, 0.5) is 0 Å². The fourth-order valence-corrected chi connectivity index (χ4v) is 2.52. The molecular weight excluding hydrogens is 300 g/mol. The Balaban J connectivity index is 1.65. The Morgan fingerprint density at radius 2 is 1.88 bits per heavy atom. The van der Waals surface area contributed by atoms with E-state index in [-0.39, 0.29) is 5.91 Å². The summed E-state index contributed by atoms with van der Waals surface area (Å²) in [6.07, 6.45) is 1.79. The maximum atomic E-state index is 12.4. The summed E-state index contributed by atoms with van der Waals surface area (Å²) < 4.78 is 5.89. The van der Waals surface area contributed by atoms with E-state index in [9.17, 15) is 4.79 Å². The number of aromatic nitrogens is 1. The number of rotatable bonds is 6. The minimum Gasteiger partial charge on any atom is -0.481 e. The highest BCUT2D eigenvalue weighted by molar-refractivity contribution is 5.84. The first kappa shape index (κ1) is 16.0. The molecule has 0 aliphatic carbocycles. The largest absolute Gasteiger partial charge is 0.481 e. The number of carbonyl (C=O) groups is 1. The van der Waals surface area contributed by atoms with Gasteiger partial charge < -0.3 is 10.1 Å². The van der Waals surface area contributed by atoms with Crippen molar-refractivity contribution in [3.05, 3.63) is 72.6 Å². The zero-order valence-corrected chi connectivity index (χ0v) is 13.6. The van der Waals surface area contributed by atoms with E-state index in [1.54, 1.807) is 6.20 Å². The molecule has 0 fully saturated rings. The Kier molecular flexibility index (Phi) is 5.06. The van der Waals surface area contributed by atoms with Crippen LogP contribution in [0, 0.1) is 0 Å². The number of hydrogen-bond donors (Lipinski definition) is 1. The molecule has 1 heterocycles. The highest BCUT2D eigenvalue weighted by Crippen LogP contribution is 2.22. The molecule has 2 aromatic carbocycles. The van der Waals surface area contributed by atoms with Crippen molar-refractivity contribution in [2.75, 3.05) is 0 Å². The molecule has 0 saturated carbocycles. The second kappa shape index (κ2) is 7.59. The number of amides is 1. The van der Waals surface area contributed by atoms with E-state index < -0.39 is 6.10 Å². The van der Waals surface area contributed by atoms with Gasteiger partial charge in [-0.2, -0.15) is 0 Å². The van der Waals surface area contributed by atoms with Crippen LogP contribution >= 0.6 is 0 Å². The van der Waals surface area contributed by atoms with Crippen LogP contribution in [-0.4, -0.2) is 17.0 Å². The Hall–Kier alpha value is -2.88. The molecule has 0 aliphatic rings. The van der Waals surface area contributed by atoms with Crippen molar-refractivity contribution in [2.24, 2.45) is 0 Å². The SMILES string of the molecule is CC[C@@H](Oc1ccc2ccccc2c1)C(=O)NCc1ccccn1. The summed E-state index contributed by atoms with van der Waals surface area (Å²) in [5, 5.41) is 5.13. The van der Waals surface area contributed by atoms with Crippen LogP contribution in [0.5, 0.6) is 5.75 Å². The average Bonchev–Trinajstić information content (AvgIpc) is 2.65. The van der Waals surface area contributed by atoms with Crippen LogP contribution in [0.3, 0.4) is 0 Å². The monoisotopic (exact) mass is 320 g/mol. The third-order valence-corrected chi connectivity index (χ3v) is 3.83. The number of hydrogen-bond acceptors (Lipinski definition) is 3. The van der Waals surface area contributed by atoms with Gasteiger partial charge in [-0.3, -0.25) is 9.78 Å². The summed E-state index contributed by atoms with van der Waals surface area (Å²) in [6, 6.07) is 19.6. The molecule has 0 radical (unpaired) electrons. The smallest absolute Gasteiger partial charge is 0.261 e. The number of nitrogens with one attached hydrogen (secondary N) is 1. The molecule has 0 spiro atoms. The molecule has 1 N–H and O–H groups in total. The molecule has 1 amide bonds. The minimum absolute atomic E-state index is 0.128. The molecule has 0 bridgehead atoms. The lowest BCUT2D eigenvalue weighted by molar-refractivity contribution is -0.128. The Labute approximate surface area is 141 Å². The lowest BCUT2D eigenvalue weighted by Gasteiger charge is -2.17. The molecule has 3 aromatic rings. The Bertz CT molecular complexity index is 818. The second-order valence-corrected chi connectivity index (χ2v) is 5.56. The van der Waals surface area contributed by atoms with Gasteiger partial charge in [0.1, 0.15) is 5.75 Å². The first-order valence-electron chi connectivity index (χ1n) is 8.09. The third-order valence-electron chi connectivity index (χ3n) is 3.83. The zero-order chi connectivity index (χ0) is 16.8. The van der Waals surface area contributed by atoms with Crippen LogP contribution < -0.4 is 10.1 Å². The number of carbonyl (C=O) groups excluding carboxylic acids is 1. The highest BCUT2D eigenvalue weighted by atomic mass is 16.5. The quantitative estimate of drug-likeness (QED) is 0.753. The van der Waals surface area contributed by atoms with Gasteiger partial charge in [0, 0.05) is 6.20 Å². The predicted octanol–water partition coefficient (Wildman–Crippen LogP) is 3.71. The predicted molar refractivity (Wildman–Crippen MR) is 94.7 cm³/mol.